The molecule has 72 valence electrons. The molecule has 0 fully saturated rings. The van der Waals surface area contributed by atoms with Crippen LogP contribution in [0.5, 0.6) is 0 Å². The molecule has 0 bridgehead atoms. The summed E-state index contributed by atoms with van der Waals surface area (Å²) in [6.07, 6.45) is 0. The number of rotatable bonds is 3. The van der Waals surface area contributed by atoms with Gasteiger partial charge in [0.05, 0.1) is 0 Å². The van der Waals surface area contributed by atoms with Crippen LogP contribution in [0.25, 0.3) is 0 Å². The Hall–Kier alpha value is -0.450. The highest BCUT2D eigenvalue weighted by Crippen LogP contribution is 2.18. The molecule has 2 nitrogen and oxygen atoms in total. The first-order valence-corrected chi connectivity index (χ1v) is 4.79. The molecule has 0 spiro atoms. The molecule has 0 saturated carbocycles. The van der Waals surface area contributed by atoms with Gasteiger partial charge in [-0.1, -0.05) is 15.9 Å². The van der Waals surface area contributed by atoms with Crippen LogP contribution in [0.2, 0.25) is 0 Å². The van der Waals surface area contributed by atoms with E-state index in [2.05, 4.69) is 21.2 Å². The Kier molecular flexibility index (Phi) is 3.84. The summed E-state index contributed by atoms with van der Waals surface area (Å²) in [5, 5.41) is 2.94. The Bertz CT molecular complexity index is 271. The van der Waals surface area contributed by atoms with Gasteiger partial charge in [0, 0.05) is 17.1 Å². The summed E-state index contributed by atoms with van der Waals surface area (Å²) in [6.45, 7) is 0.635. The van der Waals surface area contributed by atoms with Crippen LogP contribution in [0.1, 0.15) is 11.6 Å². The molecule has 0 heterocycles. The van der Waals surface area contributed by atoms with E-state index < -0.39 is 0 Å². The van der Waals surface area contributed by atoms with E-state index in [4.69, 9.17) is 5.73 Å². The average molecular weight is 247 g/mol. The number of nitrogens with one attached hydrogen (secondary N) is 1. The van der Waals surface area contributed by atoms with Crippen LogP contribution in [-0.2, 0) is 0 Å². The molecule has 0 aliphatic heterocycles. The van der Waals surface area contributed by atoms with Gasteiger partial charge in [0.1, 0.15) is 5.82 Å². The van der Waals surface area contributed by atoms with Gasteiger partial charge in [-0.2, -0.15) is 0 Å². The number of halogens is 2. The van der Waals surface area contributed by atoms with Gasteiger partial charge in [0.25, 0.3) is 0 Å². The van der Waals surface area contributed by atoms with Gasteiger partial charge >= 0.3 is 0 Å². The maximum atomic E-state index is 12.9. The van der Waals surface area contributed by atoms with E-state index in [1.165, 1.54) is 12.1 Å². The highest BCUT2D eigenvalue weighted by molar-refractivity contribution is 9.10. The van der Waals surface area contributed by atoms with E-state index in [9.17, 15) is 4.39 Å². The first-order valence-electron chi connectivity index (χ1n) is 3.99. The standard InChI is InChI=1S/C9H12BrFN2/c1-13-5-9(12)6-2-7(10)4-8(11)3-6/h2-4,9,13H,5,12H2,1H3. The number of hydrogen-bond acceptors (Lipinski definition) is 2. The predicted octanol–water partition coefficient (Wildman–Crippen LogP) is 1.81. The SMILES string of the molecule is CNCC(N)c1cc(F)cc(Br)c1. The highest BCUT2D eigenvalue weighted by atomic mass is 79.9. The zero-order valence-electron chi connectivity index (χ0n) is 7.35. The number of hydrogen-bond donors (Lipinski definition) is 2. The fraction of sp³-hybridized carbons (Fsp3) is 0.333. The maximum Gasteiger partial charge on any atom is 0.124 e. The summed E-state index contributed by atoms with van der Waals surface area (Å²) >= 11 is 3.22. The van der Waals surface area contributed by atoms with Crippen LogP contribution in [0, 0.1) is 5.82 Å². The summed E-state index contributed by atoms with van der Waals surface area (Å²) in [7, 11) is 1.81. The molecular formula is C9H12BrFN2. The van der Waals surface area contributed by atoms with Crippen molar-refractivity contribution in [3.63, 3.8) is 0 Å². The lowest BCUT2D eigenvalue weighted by molar-refractivity contribution is 0.610. The molecule has 0 radical (unpaired) electrons. The molecule has 0 aliphatic rings. The minimum atomic E-state index is -0.268. The Labute approximate surface area is 85.4 Å². The molecular weight excluding hydrogens is 235 g/mol. The molecule has 0 saturated heterocycles. The predicted molar refractivity (Wildman–Crippen MR) is 55.0 cm³/mol. The third-order valence-electron chi connectivity index (χ3n) is 1.74. The summed E-state index contributed by atoms with van der Waals surface area (Å²) in [5.41, 5.74) is 6.59. The van der Waals surface area contributed by atoms with Gasteiger partial charge in [-0.25, -0.2) is 4.39 Å². The van der Waals surface area contributed by atoms with E-state index in [0.29, 0.717) is 11.0 Å². The maximum absolute atomic E-state index is 12.9. The van der Waals surface area contributed by atoms with Crippen molar-refractivity contribution >= 4 is 15.9 Å². The average Bonchev–Trinajstić information content (AvgIpc) is 2.03. The van der Waals surface area contributed by atoms with Crippen molar-refractivity contribution < 1.29 is 4.39 Å². The minimum Gasteiger partial charge on any atom is -0.323 e. The van der Waals surface area contributed by atoms with Crippen molar-refractivity contribution in [3.05, 3.63) is 34.1 Å². The Morgan fingerprint density at radius 1 is 1.54 bits per heavy atom. The summed E-state index contributed by atoms with van der Waals surface area (Å²) in [6, 6.07) is 4.52. The third-order valence-corrected chi connectivity index (χ3v) is 2.19. The molecule has 4 heteroatoms. The monoisotopic (exact) mass is 246 g/mol. The summed E-state index contributed by atoms with van der Waals surface area (Å²) in [4.78, 5) is 0. The van der Waals surface area contributed by atoms with Crippen LogP contribution in [-0.4, -0.2) is 13.6 Å². The van der Waals surface area contributed by atoms with Gasteiger partial charge in [-0.05, 0) is 30.8 Å². The van der Waals surface area contributed by atoms with Crippen LogP contribution >= 0.6 is 15.9 Å². The second-order valence-electron chi connectivity index (χ2n) is 2.87. The summed E-state index contributed by atoms with van der Waals surface area (Å²) < 4.78 is 13.6. The summed E-state index contributed by atoms with van der Waals surface area (Å²) in [5.74, 6) is -0.268. The molecule has 0 aromatic heterocycles. The van der Waals surface area contributed by atoms with Crippen molar-refractivity contribution in [3.8, 4) is 0 Å². The van der Waals surface area contributed by atoms with Crippen LogP contribution < -0.4 is 11.1 Å². The van der Waals surface area contributed by atoms with Crippen molar-refractivity contribution in [1.29, 1.82) is 0 Å². The molecule has 1 unspecified atom stereocenters. The lowest BCUT2D eigenvalue weighted by atomic mass is 10.1. The Morgan fingerprint density at radius 2 is 2.23 bits per heavy atom. The largest absolute Gasteiger partial charge is 0.323 e. The zero-order valence-corrected chi connectivity index (χ0v) is 8.94. The number of nitrogens with two attached hydrogens (primary N) is 1. The van der Waals surface area contributed by atoms with Crippen molar-refractivity contribution in [2.24, 2.45) is 5.73 Å². The fourth-order valence-electron chi connectivity index (χ4n) is 1.13. The van der Waals surface area contributed by atoms with Crippen molar-refractivity contribution in [2.45, 2.75) is 6.04 Å². The number of benzene rings is 1. The normalized spacial score (nSPS) is 12.9. The van der Waals surface area contributed by atoms with E-state index in [-0.39, 0.29) is 11.9 Å². The Balaban J connectivity index is 2.87. The van der Waals surface area contributed by atoms with Crippen molar-refractivity contribution in [1.82, 2.24) is 5.32 Å². The van der Waals surface area contributed by atoms with Gasteiger partial charge in [-0.3, -0.25) is 0 Å². The van der Waals surface area contributed by atoms with Crippen LogP contribution in [0.15, 0.2) is 22.7 Å². The van der Waals surface area contributed by atoms with Gasteiger partial charge in [-0.15, -0.1) is 0 Å². The second kappa shape index (κ2) is 4.69. The lowest BCUT2D eigenvalue weighted by Crippen LogP contribution is -2.24. The lowest BCUT2D eigenvalue weighted by Gasteiger charge is -2.11. The second-order valence-corrected chi connectivity index (χ2v) is 3.78. The van der Waals surface area contributed by atoms with Crippen LogP contribution in [0.4, 0.5) is 4.39 Å². The van der Waals surface area contributed by atoms with Crippen LogP contribution in [0.3, 0.4) is 0 Å². The molecule has 1 rings (SSSR count). The van der Waals surface area contributed by atoms with Gasteiger partial charge in [0.15, 0.2) is 0 Å². The Morgan fingerprint density at radius 3 is 2.77 bits per heavy atom. The zero-order chi connectivity index (χ0) is 9.84. The topological polar surface area (TPSA) is 38.0 Å². The van der Waals surface area contributed by atoms with E-state index in [1.807, 2.05) is 13.1 Å². The number of likely N-dealkylation sites (N-methyl/N-ethyl adjacent to an activating group) is 1. The fourth-order valence-corrected chi connectivity index (χ4v) is 1.61. The molecule has 1 aromatic rings. The van der Waals surface area contributed by atoms with E-state index in [0.717, 1.165) is 5.56 Å². The first kappa shape index (κ1) is 10.6. The first-order chi connectivity index (χ1) is 6.13. The highest BCUT2D eigenvalue weighted by Gasteiger charge is 2.06. The molecule has 0 aliphatic carbocycles. The molecule has 13 heavy (non-hydrogen) atoms. The molecule has 0 amide bonds. The van der Waals surface area contributed by atoms with Gasteiger partial charge in [0.2, 0.25) is 0 Å². The molecule has 1 aromatic carbocycles. The van der Waals surface area contributed by atoms with Crippen molar-refractivity contribution in [2.75, 3.05) is 13.6 Å². The van der Waals surface area contributed by atoms with E-state index >= 15 is 0 Å². The smallest absolute Gasteiger partial charge is 0.124 e. The molecule has 1 atom stereocenters. The van der Waals surface area contributed by atoms with Gasteiger partial charge < -0.3 is 11.1 Å². The molecule has 3 N–H and O–H groups in total. The quantitative estimate of drug-likeness (QED) is 0.854. The van der Waals surface area contributed by atoms with E-state index in [1.54, 1.807) is 0 Å². The third kappa shape index (κ3) is 3.06. The minimum absolute atomic E-state index is 0.169.